The number of rotatable bonds is 5. The van der Waals surface area contributed by atoms with Gasteiger partial charge >= 0.3 is 5.97 Å². The first-order valence-corrected chi connectivity index (χ1v) is 9.86. The summed E-state index contributed by atoms with van der Waals surface area (Å²) >= 11 is 0. The quantitative estimate of drug-likeness (QED) is 0.656. The minimum absolute atomic E-state index is 0.132. The second kappa shape index (κ2) is 7.37. The Bertz CT molecular complexity index is 856. The van der Waals surface area contributed by atoms with Crippen LogP contribution in [0.2, 0.25) is 0 Å². The maximum absolute atomic E-state index is 12.8. The highest BCUT2D eigenvalue weighted by molar-refractivity contribution is 7.91. The lowest BCUT2D eigenvalue weighted by Gasteiger charge is -2.16. The molecule has 2 aromatic carbocycles. The molecule has 0 aromatic heterocycles. The summed E-state index contributed by atoms with van der Waals surface area (Å²) in [5, 5.41) is 3.28. The number of carbonyl (C=O) groups is 1. The van der Waals surface area contributed by atoms with Crippen LogP contribution in [0.4, 0.5) is 0 Å². The number of esters is 1. The molecular formula is C19H21NO4S. The van der Waals surface area contributed by atoms with Gasteiger partial charge in [-0.2, -0.15) is 0 Å². The van der Waals surface area contributed by atoms with Crippen LogP contribution in [0.15, 0.2) is 58.3 Å². The van der Waals surface area contributed by atoms with Gasteiger partial charge in [0.25, 0.3) is 0 Å². The average molecular weight is 359 g/mol. The van der Waals surface area contributed by atoms with E-state index in [-0.39, 0.29) is 28.1 Å². The second-order valence-corrected chi connectivity index (χ2v) is 7.98. The van der Waals surface area contributed by atoms with Crippen LogP contribution in [0.25, 0.3) is 0 Å². The predicted molar refractivity (Wildman–Crippen MR) is 94.5 cm³/mol. The maximum atomic E-state index is 12.8. The lowest BCUT2D eigenvalue weighted by Crippen LogP contribution is -2.13. The Morgan fingerprint density at radius 2 is 1.92 bits per heavy atom. The lowest BCUT2D eigenvalue weighted by atomic mass is 9.97. The Labute approximate surface area is 147 Å². The van der Waals surface area contributed by atoms with Gasteiger partial charge in [0.1, 0.15) is 5.75 Å². The van der Waals surface area contributed by atoms with Crippen molar-refractivity contribution < 1.29 is 17.9 Å². The lowest BCUT2D eigenvalue weighted by molar-refractivity contribution is -0.134. The summed E-state index contributed by atoms with van der Waals surface area (Å²) in [7, 11) is -3.65. The number of hydrogen-bond donors (Lipinski definition) is 1. The van der Waals surface area contributed by atoms with Crippen LogP contribution in [-0.2, 0) is 14.6 Å². The van der Waals surface area contributed by atoms with Crippen molar-refractivity contribution >= 4 is 15.8 Å². The largest absolute Gasteiger partial charge is 0.426 e. The zero-order valence-corrected chi connectivity index (χ0v) is 14.9. The van der Waals surface area contributed by atoms with E-state index in [1.165, 1.54) is 6.07 Å². The molecule has 1 saturated heterocycles. The minimum Gasteiger partial charge on any atom is -0.426 e. The molecule has 25 heavy (non-hydrogen) atoms. The van der Waals surface area contributed by atoms with Crippen LogP contribution < -0.4 is 10.1 Å². The molecule has 0 bridgehead atoms. The molecule has 1 aliphatic rings. The van der Waals surface area contributed by atoms with Crippen LogP contribution in [0.5, 0.6) is 5.75 Å². The molecule has 2 aromatic rings. The molecule has 0 unspecified atom stereocenters. The van der Waals surface area contributed by atoms with Crippen molar-refractivity contribution in [1.82, 2.24) is 5.32 Å². The summed E-state index contributed by atoms with van der Waals surface area (Å²) < 4.78 is 31.1. The summed E-state index contributed by atoms with van der Waals surface area (Å²) in [6, 6.07) is 13.1. The Morgan fingerprint density at radius 3 is 2.56 bits per heavy atom. The molecular weight excluding hydrogens is 338 g/mol. The average Bonchev–Trinajstić information content (AvgIpc) is 3.16. The molecule has 6 heteroatoms. The number of sulfone groups is 1. The number of benzene rings is 2. The van der Waals surface area contributed by atoms with Gasteiger partial charge in [0.15, 0.2) is 0 Å². The van der Waals surface area contributed by atoms with Crippen molar-refractivity contribution in [3.8, 4) is 5.75 Å². The highest BCUT2D eigenvalue weighted by atomic mass is 32.2. The number of nitrogens with one attached hydrogen (secondary N) is 1. The number of hydrogen-bond acceptors (Lipinski definition) is 5. The van der Waals surface area contributed by atoms with Crippen LogP contribution >= 0.6 is 0 Å². The third-order valence-corrected chi connectivity index (χ3v) is 6.13. The smallest absolute Gasteiger partial charge is 0.310 e. The Hall–Kier alpha value is -2.18. The highest BCUT2D eigenvalue weighted by Gasteiger charge is 2.25. The van der Waals surface area contributed by atoms with Gasteiger partial charge in [-0.25, -0.2) is 8.42 Å². The summed E-state index contributed by atoms with van der Waals surface area (Å²) in [6.45, 7) is 3.40. The minimum atomic E-state index is -3.65. The fourth-order valence-electron chi connectivity index (χ4n) is 2.96. The van der Waals surface area contributed by atoms with E-state index >= 15 is 0 Å². The van der Waals surface area contributed by atoms with Gasteiger partial charge in [-0.15, -0.1) is 0 Å². The summed E-state index contributed by atoms with van der Waals surface area (Å²) in [5.41, 5.74) is 0.874. The van der Waals surface area contributed by atoms with Gasteiger partial charge in [0.05, 0.1) is 9.79 Å². The molecule has 132 valence electrons. The van der Waals surface area contributed by atoms with Crippen molar-refractivity contribution in [3.63, 3.8) is 0 Å². The first-order valence-electron chi connectivity index (χ1n) is 8.38. The number of carbonyl (C=O) groups excluding carboxylic acids is 1. The summed E-state index contributed by atoms with van der Waals surface area (Å²) in [6.07, 6.45) is 1.17. The van der Waals surface area contributed by atoms with E-state index in [0.29, 0.717) is 5.75 Å². The van der Waals surface area contributed by atoms with Crippen LogP contribution in [0.3, 0.4) is 0 Å². The standard InChI is InChI=1S/C19H21NO4S/c1-2-19(21)24-18-12-16(8-9-17(18)14-10-11-20-13-14)25(22,23)15-6-4-3-5-7-15/h3-9,12,14,20H,2,10-11,13H2,1H3/t14-/m1/s1. The topological polar surface area (TPSA) is 72.5 Å². The van der Waals surface area contributed by atoms with Crippen LogP contribution in [0.1, 0.15) is 31.2 Å². The molecule has 0 amide bonds. The Balaban J connectivity index is 2.04. The van der Waals surface area contributed by atoms with E-state index < -0.39 is 9.84 Å². The summed E-state index contributed by atoms with van der Waals surface area (Å²) in [4.78, 5) is 12.1. The van der Waals surface area contributed by atoms with Crippen molar-refractivity contribution in [2.24, 2.45) is 0 Å². The van der Waals surface area contributed by atoms with Gasteiger partial charge in [-0.05, 0) is 36.7 Å². The van der Waals surface area contributed by atoms with Crippen LogP contribution in [0, 0.1) is 0 Å². The molecule has 1 atom stereocenters. The molecule has 0 aliphatic carbocycles. The van der Waals surface area contributed by atoms with Crippen molar-refractivity contribution in [2.45, 2.75) is 35.5 Å². The Kier molecular flexibility index (Phi) is 5.20. The van der Waals surface area contributed by atoms with Crippen LogP contribution in [-0.4, -0.2) is 27.5 Å². The van der Waals surface area contributed by atoms with Gasteiger partial charge in [-0.3, -0.25) is 4.79 Å². The molecule has 0 spiro atoms. The molecule has 5 nitrogen and oxygen atoms in total. The maximum Gasteiger partial charge on any atom is 0.310 e. The number of ether oxygens (including phenoxy) is 1. The van der Waals surface area contributed by atoms with Gasteiger partial charge < -0.3 is 10.1 Å². The molecule has 1 aliphatic heterocycles. The molecule has 3 rings (SSSR count). The van der Waals surface area contributed by atoms with E-state index in [1.54, 1.807) is 49.4 Å². The molecule has 1 N–H and O–H groups in total. The van der Waals surface area contributed by atoms with E-state index in [0.717, 1.165) is 25.1 Å². The summed E-state index contributed by atoms with van der Waals surface area (Å²) in [5.74, 6) is 0.187. The highest BCUT2D eigenvalue weighted by Crippen LogP contribution is 2.34. The van der Waals surface area contributed by atoms with Crippen molar-refractivity contribution in [1.29, 1.82) is 0 Å². The molecule has 0 radical (unpaired) electrons. The molecule has 0 saturated carbocycles. The van der Waals surface area contributed by atoms with Gasteiger partial charge in [0, 0.05) is 24.9 Å². The van der Waals surface area contributed by atoms with E-state index in [1.807, 2.05) is 0 Å². The monoisotopic (exact) mass is 359 g/mol. The van der Waals surface area contributed by atoms with E-state index in [2.05, 4.69) is 5.32 Å². The predicted octanol–water partition coefficient (Wildman–Crippen LogP) is 2.91. The first kappa shape index (κ1) is 17.6. The van der Waals surface area contributed by atoms with E-state index in [9.17, 15) is 13.2 Å². The third kappa shape index (κ3) is 3.75. The zero-order chi connectivity index (χ0) is 17.9. The van der Waals surface area contributed by atoms with Gasteiger partial charge in [0.2, 0.25) is 9.84 Å². The third-order valence-electron chi connectivity index (χ3n) is 4.36. The van der Waals surface area contributed by atoms with E-state index in [4.69, 9.17) is 4.74 Å². The molecule has 1 heterocycles. The second-order valence-electron chi connectivity index (χ2n) is 6.03. The van der Waals surface area contributed by atoms with Gasteiger partial charge in [-0.1, -0.05) is 31.2 Å². The van der Waals surface area contributed by atoms with Crippen molar-refractivity contribution in [2.75, 3.05) is 13.1 Å². The molecule has 1 fully saturated rings. The van der Waals surface area contributed by atoms with Crippen molar-refractivity contribution in [3.05, 3.63) is 54.1 Å². The fourth-order valence-corrected chi connectivity index (χ4v) is 4.26. The fraction of sp³-hybridized carbons (Fsp3) is 0.316. The zero-order valence-electron chi connectivity index (χ0n) is 14.1. The normalized spacial score (nSPS) is 17.4. The first-order chi connectivity index (χ1) is 12.0. The SMILES string of the molecule is CCC(=O)Oc1cc(S(=O)(=O)c2ccccc2)ccc1[C@@H]1CCNC1. The Morgan fingerprint density at radius 1 is 1.16 bits per heavy atom.